The van der Waals surface area contributed by atoms with Gasteiger partial charge in [-0.05, 0) is 107 Å². The normalized spacial score (nSPS) is 14.9. The summed E-state index contributed by atoms with van der Waals surface area (Å²) in [5.41, 5.74) is 2.35. The zero-order valence-electron chi connectivity index (χ0n) is 22.1. The monoisotopic (exact) mass is 848 g/mol. The number of rotatable bonds is 7. The third kappa shape index (κ3) is 6.47. The molecule has 0 radical (unpaired) electrons. The molecule has 216 valence electrons. The Morgan fingerprint density at radius 3 is 2.57 bits per heavy atom. The lowest BCUT2D eigenvalue weighted by atomic mass is 9.96. The van der Waals surface area contributed by atoms with Crippen LogP contribution in [-0.2, 0) is 16.1 Å². The number of carbonyl (C=O) groups excluding carboxylic acids is 1. The second-order valence-corrected chi connectivity index (χ2v) is 13.4. The summed E-state index contributed by atoms with van der Waals surface area (Å²) >= 11 is 18.0. The third-order valence-electron chi connectivity index (χ3n) is 6.41. The predicted octanol–water partition coefficient (Wildman–Crippen LogP) is 7.03. The summed E-state index contributed by atoms with van der Waals surface area (Å²) < 4.78 is 29.1. The molecule has 5 rings (SSSR count). The molecule has 0 N–H and O–H groups in total. The van der Waals surface area contributed by atoms with Gasteiger partial charge in [-0.2, -0.15) is 0 Å². The number of ether oxygens (including phenoxy) is 2. The van der Waals surface area contributed by atoms with Gasteiger partial charge in [0.25, 0.3) is 5.56 Å². The summed E-state index contributed by atoms with van der Waals surface area (Å²) in [6, 6.07) is 14.0. The zero-order valence-corrected chi connectivity index (χ0v) is 28.7. The molecule has 12 heteroatoms. The van der Waals surface area contributed by atoms with Crippen molar-refractivity contribution in [2.45, 2.75) is 26.5 Å². The molecule has 0 spiro atoms. The van der Waals surface area contributed by atoms with Crippen molar-refractivity contribution in [1.82, 2.24) is 4.57 Å². The summed E-state index contributed by atoms with van der Waals surface area (Å²) in [5.74, 6) is -0.414. The molecule has 3 aromatic carbocycles. The van der Waals surface area contributed by atoms with Crippen molar-refractivity contribution >= 4 is 91.8 Å². The van der Waals surface area contributed by atoms with E-state index in [4.69, 9.17) is 32.7 Å². The molecular formula is C30H21Cl2FI2N2O4S. The molecule has 2 heterocycles. The number of benzene rings is 3. The lowest BCUT2D eigenvalue weighted by Crippen LogP contribution is -2.39. The van der Waals surface area contributed by atoms with Crippen LogP contribution in [0.15, 0.2) is 75.7 Å². The van der Waals surface area contributed by atoms with Crippen molar-refractivity contribution in [2.24, 2.45) is 4.99 Å². The predicted molar refractivity (Wildman–Crippen MR) is 179 cm³/mol. The number of thiazole rings is 1. The van der Waals surface area contributed by atoms with Gasteiger partial charge in [0.1, 0.15) is 18.2 Å². The van der Waals surface area contributed by atoms with Crippen LogP contribution in [0.1, 0.15) is 36.6 Å². The Morgan fingerprint density at radius 1 is 1.14 bits per heavy atom. The van der Waals surface area contributed by atoms with Gasteiger partial charge >= 0.3 is 5.97 Å². The lowest BCUT2D eigenvalue weighted by Gasteiger charge is -2.24. The number of hydrogen-bond donors (Lipinski definition) is 0. The van der Waals surface area contributed by atoms with Gasteiger partial charge in [0.05, 0.1) is 32.0 Å². The van der Waals surface area contributed by atoms with Crippen molar-refractivity contribution in [3.05, 3.63) is 125 Å². The smallest absolute Gasteiger partial charge is 0.338 e. The molecule has 0 saturated carbocycles. The van der Waals surface area contributed by atoms with Gasteiger partial charge in [-0.25, -0.2) is 14.2 Å². The molecule has 0 aliphatic carbocycles. The van der Waals surface area contributed by atoms with Crippen LogP contribution in [0.25, 0.3) is 6.08 Å². The molecule has 0 unspecified atom stereocenters. The van der Waals surface area contributed by atoms with Gasteiger partial charge in [-0.3, -0.25) is 9.36 Å². The second kappa shape index (κ2) is 13.2. The second-order valence-electron chi connectivity index (χ2n) is 9.18. The first kappa shape index (κ1) is 31.2. The van der Waals surface area contributed by atoms with E-state index in [2.05, 4.69) is 50.2 Å². The van der Waals surface area contributed by atoms with Gasteiger partial charge < -0.3 is 9.47 Å². The largest absolute Gasteiger partial charge is 0.487 e. The van der Waals surface area contributed by atoms with Crippen LogP contribution in [0.5, 0.6) is 5.75 Å². The molecule has 42 heavy (non-hydrogen) atoms. The minimum absolute atomic E-state index is 0.158. The maximum atomic E-state index is 14.0. The number of carbonyl (C=O) groups is 1. The molecule has 1 aliphatic rings. The van der Waals surface area contributed by atoms with Crippen LogP contribution in [0, 0.1) is 13.0 Å². The van der Waals surface area contributed by atoms with E-state index < -0.39 is 17.8 Å². The van der Waals surface area contributed by atoms with E-state index in [1.807, 2.05) is 12.1 Å². The van der Waals surface area contributed by atoms with Crippen molar-refractivity contribution in [2.75, 3.05) is 6.61 Å². The lowest BCUT2D eigenvalue weighted by molar-refractivity contribution is -0.139. The summed E-state index contributed by atoms with van der Waals surface area (Å²) in [6.07, 6.45) is 1.76. The van der Waals surface area contributed by atoms with E-state index in [0.717, 1.165) is 12.7 Å². The van der Waals surface area contributed by atoms with Gasteiger partial charge in [-0.15, -0.1) is 0 Å². The van der Waals surface area contributed by atoms with Gasteiger partial charge in [0, 0.05) is 24.7 Å². The Kier molecular flexibility index (Phi) is 9.77. The minimum Gasteiger partial charge on any atom is -0.487 e. The van der Waals surface area contributed by atoms with Crippen LogP contribution >= 0.6 is 79.7 Å². The quantitative estimate of drug-likeness (QED) is 0.148. The Morgan fingerprint density at radius 2 is 1.88 bits per heavy atom. The highest BCUT2D eigenvalue weighted by Crippen LogP contribution is 2.32. The molecule has 0 saturated heterocycles. The van der Waals surface area contributed by atoms with E-state index in [1.165, 1.54) is 28.0 Å². The first-order valence-corrected chi connectivity index (χ1v) is 16.3. The first-order valence-electron chi connectivity index (χ1n) is 12.6. The highest BCUT2D eigenvalue weighted by atomic mass is 127. The van der Waals surface area contributed by atoms with E-state index in [-0.39, 0.29) is 24.3 Å². The molecule has 0 amide bonds. The van der Waals surface area contributed by atoms with Gasteiger partial charge in [0.15, 0.2) is 4.80 Å². The highest BCUT2D eigenvalue weighted by Gasteiger charge is 2.33. The molecule has 1 aromatic heterocycles. The number of fused-ring (bicyclic) bond motifs is 1. The van der Waals surface area contributed by atoms with Crippen LogP contribution < -0.4 is 19.6 Å². The average Bonchev–Trinajstić information content (AvgIpc) is 3.23. The molecule has 0 fully saturated rings. The third-order valence-corrected chi connectivity index (χ3v) is 9.41. The molecule has 1 atom stereocenters. The molecule has 6 nitrogen and oxygen atoms in total. The fourth-order valence-corrected chi connectivity index (χ4v) is 8.07. The minimum atomic E-state index is -0.832. The van der Waals surface area contributed by atoms with Crippen molar-refractivity contribution in [1.29, 1.82) is 0 Å². The fourth-order valence-electron chi connectivity index (χ4n) is 4.52. The zero-order chi connectivity index (χ0) is 30.1. The molecule has 0 bridgehead atoms. The summed E-state index contributed by atoms with van der Waals surface area (Å²) in [7, 11) is 0. The van der Waals surface area contributed by atoms with Crippen LogP contribution in [0.4, 0.5) is 4.39 Å². The summed E-state index contributed by atoms with van der Waals surface area (Å²) in [6.45, 7) is 3.77. The maximum absolute atomic E-state index is 14.0. The van der Waals surface area contributed by atoms with Crippen LogP contribution in [-0.4, -0.2) is 17.1 Å². The number of nitrogens with zero attached hydrogens (tertiary/aromatic N) is 2. The SMILES string of the molecule is CCOC(=O)C1=C(C)N=c2s/c(=C\c3cc(I)cc(I)c3OCc3ccc(Cl)cc3Cl)c(=O)n2[C@@H]1c1ccc(F)cc1. The van der Waals surface area contributed by atoms with Gasteiger partial charge in [0.2, 0.25) is 0 Å². The van der Waals surface area contributed by atoms with Crippen molar-refractivity contribution < 1.29 is 18.7 Å². The highest BCUT2D eigenvalue weighted by molar-refractivity contribution is 14.1. The first-order chi connectivity index (χ1) is 20.1. The topological polar surface area (TPSA) is 69.9 Å². The number of allylic oxidation sites excluding steroid dienone is 1. The standard InChI is InChI=1S/C30H21Cl2FI2N2O4S/c1-3-40-29(39)25-15(2)36-30-37(26(25)16-5-8-20(33)9-6-16)28(38)24(42-30)11-18-10-21(34)13-23(35)27(18)41-14-17-4-7-19(31)12-22(17)32/h4-13,26H,3,14H2,1-2H3/b24-11-/t26-/m1/s1. The Bertz CT molecular complexity index is 1920. The fraction of sp³-hybridized carbons (Fsp3) is 0.167. The number of hydrogen-bond acceptors (Lipinski definition) is 6. The molecule has 1 aliphatic heterocycles. The van der Waals surface area contributed by atoms with Crippen molar-refractivity contribution in [3.8, 4) is 5.75 Å². The maximum Gasteiger partial charge on any atom is 0.338 e. The number of aromatic nitrogens is 1. The summed E-state index contributed by atoms with van der Waals surface area (Å²) in [4.78, 5) is 32.1. The van der Waals surface area contributed by atoms with Crippen LogP contribution in [0.2, 0.25) is 10.0 Å². The van der Waals surface area contributed by atoms with E-state index in [1.54, 1.807) is 50.3 Å². The average molecular weight is 849 g/mol. The number of esters is 1. The van der Waals surface area contributed by atoms with E-state index >= 15 is 0 Å². The van der Waals surface area contributed by atoms with Crippen LogP contribution in [0.3, 0.4) is 0 Å². The molecular weight excluding hydrogens is 828 g/mol. The summed E-state index contributed by atoms with van der Waals surface area (Å²) in [5, 5.41) is 1.02. The molecule has 4 aromatic rings. The Balaban J connectivity index is 1.64. The Labute approximate surface area is 281 Å². The Hall–Kier alpha value is -2.26. The van der Waals surface area contributed by atoms with E-state index in [9.17, 15) is 14.0 Å². The number of halogens is 5. The van der Waals surface area contributed by atoms with Crippen molar-refractivity contribution in [3.63, 3.8) is 0 Å². The van der Waals surface area contributed by atoms with E-state index in [0.29, 0.717) is 42.0 Å². The van der Waals surface area contributed by atoms with Gasteiger partial charge in [-0.1, -0.05) is 52.7 Å².